The van der Waals surface area contributed by atoms with E-state index in [9.17, 15) is 9.59 Å². The summed E-state index contributed by atoms with van der Waals surface area (Å²) in [4.78, 5) is 36.8. The van der Waals surface area contributed by atoms with E-state index in [4.69, 9.17) is 9.68 Å². The van der Waals surface area contributed by atoms with Crippen LogP contribution in [-0.4, -0.2) is 46.6 Å². The number of nitrogens with one attached hydrogen (secondary N) is 2. The summed E-state index contributed by atoms with van der Waals surface area (Å²) in [6.07, 6.45) is 12.6. The average molecular weight is 537 g/mol. The highest BCUT2D eigenvalue weighted by atomic mass is 16.7. The summed E-state index contributed by atoms with van der Waals surface area (Å²) in [7, 11) is 0. The van der Waals surface area contributed by atoms with Crippen molar-refractivity contribution >= 4 is 33.7 Å². The number of hydrogen-bond acceptors (Lipinski definition) is 6. The number of carbonyl (C=O) groups excluding carboxylic acids is 2. The molecule has 2 aromatic heterocycles. The Bertz CT molecular complexity index is 1570. The molecular formula is C32H32N4O4. The molecule has 2 fully saturated rings. The Morgan fingerprint density at radius 3 is 1.68 bits per heavy atom. The van der Waals surface area contributed by atoms with E-state index >= 15 is 0 Å². The van der Waals surface area contributed by atoms with Crippen LogP contribution >= 0.6 is 0 Å². The molecule has 8 rings (SSSR count). The average Bonchev–Trinajstić information content (AvgIpc) is 3.51. The van der Waals surface area contributed by atoms with Crippen molar-refractivity contribution in [3.05, 3.63) is 83.2 Å². The SMILES string of the molecule is O=C(/C=C\C(=O)On1cc2c3c(cccc31)[C@H]1CCCN[C@@H]1C2)On1cc2c3c(cccc31)[C@H]1CCCN[C@@H]1C2. The van der Waals surface area contributed by atoms with Crippen molar-refractivity contribution in [3.8, 4) is 0 Å². The van der Waals surface area contributed by atoms with E-state index in [0.717, 1.165) is 49.1 Å². The maximum Gasteiger partial charge on any atom is 0.356 e. The van der Waals surface area contributed by atoms with Gasteiger partial charge in [-0.25, -0.2) is 9.59 Å². The normalized spacial score (nSPS) is 25.1. The molecule has 4 aliphatic rings. The van der Waals surface area contributed by atoms with E-state index in [1.807, 2.05) is 36.7 Å². The topological polar surface area (TPSA) is 86.5 Å². The molecule has 8 heteroatoms. The number of nitrogens with zero attached hydrogens (tertiary/aromatic N) is 2. The molecule has 0 bridgehead atoms. The molecule has 4 aromatic rings. The number of fused-ring (bicyclic) bond motifs is 4. The highest BCUT2D eigenvalue weighted by Crippen LogP contribution is 2.42. The van der Waals surface area contributed by atoms with Crippen LogP contribution in [0.5, 0.6) is 0 Å². The molecule has 2 aromatic carbocycles. The van der Waals surface area contributed by atoms with E-state index in [1.165, 1.54) is 58.7 Å². The first-order valence-electron chi connectivity index (χ1n) is 14.5. The fourth-order valence-corrected chi connectivity index (χ4v) is 7.76. The van der Waals surface area contributed by atoms with E-state index in [-0.39, 0.29) is 0 Å². The Kier molecular flexibility index (Phi) is 5.60. The van der Waals surface area contributed by atoms with Gasteiger partial charge in [-0.2, -0.15) is 9.46 Å². The monoisotopic (exact) mass is 536 g/mol. The van der Waals surface area contributed by atoms with Crippen molar-refractivity contribution in [1.82, 2.24) is 20.1 Å². The number of rotatable bonds is 4. The van der Waals surface area contributed by atoms with Gasteiger partial charge in [-0.1, -0.05) is 24.3 Å². The lowest BCUT2D eigenvalue weighted by atomic mass is 9.76. The van der Waals surface area contributed by atoms with Crippen LogP contribution in [0.2, 0.25) is 0 Å². The van der Waals surface area contributed by atoms with Crippen molar-refractivity contribution in [2.24, 2.45) is 0 Å². The smallest absolute Gasteiger partial charge is 0.332 e. The van der Waals surface area contributed by atoms with E-state index in [0.29, 0.717) is 23.9 Å². The van der Waals surface area contributed by atoms with Gasteiger partial charge in [0.1, 0.15) is 0 Å². The molecule has 40 heavy (non-hydrogen) atoms. The minimum atomic E-state index is -0.631. The predicted molar refractivity (Wildman–Crippen MR) is 151 cm³/mol. The van der Waals surface area contributed by atoms with Crippen LogP contribution in [-0.2, 0) is 22.4 Å². The van der Waals surface area contributed by atoms with Gasteiger partial charge < -0.3 is 20.3 Å². The Morgan fingerprint density at radius 2 is 1.20 bits per heavy atom. The summed E-state index contributed by atoms with van der Waals surface area (Å²) in [5.74, 6) is -0.294. The second-order valence-electron chi connectivity index (χ2n) is 11.6. The highest BCUT2D eigenvalue weighted by molar-refractivity contribution is 5.94. The zero-order valence-corrected chi connectivity index (χ0v) is 22.3. The third kappa shape index (κ3) is 3.81. The first-order chi connectivity index (χ1) is 19.6. The second kappa shape index (κ2) is 9.35. The van der Waals surface area contributed by atoms with E-state index in [1.54, 1.807) is 9.46 Å². The largest absolute Gasteiger partial charge is 0.356 e. The van der Waals surface area contributed by atoms with Gasteiger partial charge in [0.2, 0.25) is 0 Å². The Balaban J connectivity index is 1.000. The summed E-state index contributed by atoms with van der Waals surface area (Å²) < 4.78 is 3.08. The maximum absolute atomic E-state index is 12.8. The molecule has 2 aliphatic heterocycles. The predicted octanol–water partition coefficient (Wildman–Crippen LogP) is 3.55. The lowest BCUT2D eigenvalue weighted by molar-refractivity contribution is -0.140. The lowest BCUT2D eigenvalue weighted by Gasteiger charge is -2.36. The van der Waals surface area contributed by atoms with Crippen LogP contribution in [0.1, 0.15) is 59.8 Å². The molecule has 0 saturated carbocycles. The summed E-state index contributed by atoms with van der Waals surface area (Å²) in [5.41, 5.74) is 6.77. The standard InChI is InChI=1S/C32H32N4O4/c37-29(39-35-17-19-15-25-21(7-3-13-33-25)23-5-1-9-27(35)31(19)23)11-12-30(38)40-36-18-20-16-26-22(8-4-14-34-26)24-6-2-10-28(36)32(20)24/h1-2,5-6,9-12,17-18,21-22,25-26,33-34H,3-4,7-8,13-16H2/b12-11-/t21-,22-,25-,26-/m1/s1. The molecule has 4 heterocycles. The van der Waals surface area contributed by atoms with Crippen LogP contribution in [0.3, 0.4) is 0 Å². The van der Waals surface area contributed by atoms with Crippen molar-refractivity contribution in [2.75, 3.05) is 13.1 Å². The first-order valence-corrected chi connectivity index (χ1v) is 14.5. The molecule has 2 saturated heterocycles. The molecule has 2 aliphatic carbocycles. The fraction of sp³-hybridized carbons (Fsp3) is 0.375. The van der Waals surface area contributed by atoms with Gasteiger partial charge in [0.15, 0.2) is 0 Å². The third-order valence-corrected chi connectivity index (χ3v) is 9.39. The Morgan fingerprint density at radius 1 is 0.725 bits per heavy atom. The van der Waals surface area contributed by atoms with Crippen LogP contribution in [0.15, 0.2) is 60.9 Å². The lowest BCUT2D eigenvalue weighted by Crippen LogP contribution is -2.43. The number of piperidine rings is 2. The first kappa shape index (κ1) is 24.0. The van der Waals surface area contributed by atoms with Crippen molar-refractivity contribution in [3.63, 3.8) is 0 Å². The fourth-order valence-electron chi connectivity index (χ4n) is 7.76. The molecule has 204 valence electrons. The third-order valence-electron chi connectivity index (χ3n) is 9.39. The zero-order chi connectivity index (χ0) is 26.8. The van der Waals surface area contributed by atoms with Crippen molar-refractivity contribution < 1.29 is 19.3 Å². The minimum Gasteiger partial charge on any atom is -0.332 e. The number of benzene rings is 2. The van der Waals surface area contributed by atoms with Crippen LogP contribution in [0.25, 0.3) is 21.8 Å². The second-order valence-corrected chi connectivity index (χ2v) is 11.6. The summed E-state index contributed by atoms with van der Waals surface area (Å²) in [6.45, 7) is 2.09. The summed E-state index contributed by atoms with van der Waals surface area (Å²) >= 11 is 0. The van der Waals surface area contributed by atoms with Crippen LogP contribution in [0, 0.1) is 0 Å². The molecule has 4 atom stereocenters. The van der Waals surface area contributed by atoms with E-state index < -0.39 is 11.9 Å². The Hall–Kier alpha value is -3.88. The van der Waals surface area contributed by atoms with Crippen LogP contribution in [0.4, 0.5) is 0 Å². The van der Waals surface area contributed by atoms with Gasteiger partial charge >= 0.3 is 11.9 Å². The van der Waals surface area contributed by atoms with Crippen LogP contribution < -0.4 is 20.3 Å². The minimum absolute atomic E-state index is 0.416. The number of hydrogen-bond donors (Lipinski definition) is 2. The van der Waals surface area contributed by atoms with Gasteiger partial charge in [0.05, 0.1) is 11.0 Å². The maximum atomic E-state index is 12.8. The summed E-state index contributed by atoms with van der Waals surface area (Å²) in [6, 6.07) is 13.2. The van der Waals surface area contributed by atoms with Gasteiger partial charge in [-0.05, 0) is 86.0 Å². The van der Waals surface area contributed by atoms with Gasteiger partial charge in [0, 0.05) is 59.2 Å². The molecule has 8 nitrogen and oxygen atoms in total. The van der Waals surface area contributed by atoms with Crippen molar-refractivity contribution in [2.45, 2.75) is 62.4 Å². The molecule has 2 N–H and O–H groups in total. The van der Waals surface area contributed by atoms with Crippen molar-refractivity contribution in [1.29, 1.82) is 0 Å². The van der Waals surface area contributed by atoms with Gasteiger partial charge in [-0.15, -0.1) is 0 Å². The molecule has 0 amide bonds. The highest BCUT2D eigenvalue weighted by Gasteiger charge is 2.35. The zero-order valence-electron chi connectivity index (χ0n) is 22.3. The number of carbonyl (C=O) groups is 2. The van der Waals surface area contributed by atoms with Gasteiger partial charge in [0.25, 0.3) is 0 Å². The molecular weight excluding hydrogens is 504 g/mol. The summed E-state index contributed by atoms with van der Waals surface area (Å²) in [5, 5.41) is 9.69. The quantitative estimate of drug-likeness (QED) is 0.388. The molecule has 0 spiro atoms. The van der Waals surface area contributed by atoms with E-state index in [2.05, 4.69) is 22.8 Å². The number of aromatic nitrogens is 2. The molecule has 0 radical (unpaired) electrons. The molecule has 0 unspecified atom stereocenters. The van der Waals surface area contributed by atoms with Gasteiger partial charge in [-0.3, -0.25) is 0 Å². The Labute approximate surface area is 231 Å².